The molecule has 7 nitrogen and oxygen atoms in total. The standard InChI is InChI=1S/C14H22FN7/c1-20-12(3-4-18-20)10-22-9-11(15)5-13(22)6-16-7-14-8-17-19-21(14)2/h3-4,8,11,13,16H,5-7,9-10H2,1-2H3/t11-,13-/m0/s1. The van der Waals surface area contributed by atoms with Crippen LogP contribution in [0.1, 0.15) is 17.8 Å². The predicted molar refractivity (Wildman–Crippen MR) is 79.6 cm³/mol. The summed E-state index contributed by atoms with van der Waals surface area (Å²) in [6, 6.07) is 2.18. The lowest BCUT2D eigenvalue weighted by molar-refractivity contribution is 0.224. The first-order valence-electron chi connectivity index (χ1n) is 7.52. The van der Waals surface area contributed by atoms with Gasteiger partial charge >= 0.3 is 0 Å². The summed E-state index contributed by atoms with van der Waals surface area (Å²) in [6.45, 7) is 2.67. The summed E-state index contributed by atoms with van der Waals surface area (Å²) >= 11 is 0. The molecule has 0 unspecified atom stereocenters. The molecule has 0 saturated carbocycles. The number of alkyl halides is 1. The van der Waals surface area contributed by atoms with E-state index in [-0.39, 0.29) is 6.04 Å². The first-order chi connectivity index (χ1) is 10.6. The van der Waals surface area contributed by atoms with Crippen LogP contribution >= 0.6 is 0 Å². The number of hydrogen-bond donors (Lipinski definition) is 1. The highest BCUT2D eigenvalue weighted by Crippen LogP contribution is 2.22. The highest BCUT2D eigenvalue weighted by molar-refractivity contribution is 5.02. The summed E-state index contributed by atoms with van der Waals surface area (Å²) < 4.78 is 17.4. The largest absolute Gasteiger partial charge is 0.310 e. The number of nitrogens with one attached hydrogen (secondary N) is 1. The number of likely N-dealkylation sites (tertiary alicyclic amines) is 1. The quantitative estimate of drug-likeness (QED) is 0.829. The van der Waals surface area contributed by atoms with E-state index in [1.165, 1.54) is 0 Å². The smallest absolute Gasteiger partial charge is 0.114 e. The highest BCUT2D eigenvalue weighted by atomic mass is 19.1. The minimum Gasteiger partial charge on any atom is -0.310 e. The zero-order valence-electron chi connectivity index (χ0n) is 13.0. The zero-order valence-corrected chi connectivity index (χ0v) is 13.0. The molecule has 2 atom stereocenters. The van der Waals surface area contributed by atoms with Crippen molar-refractivity contribution in [1.82, 2.24) is 35.0 Å². The summed E-state index contributed by atoms with van der Waals surface area (Å²) in [6.07, 6.45) is 3.35. The Morgan fingerprint density at radius 2 is 2.18 bits per heavy atom. The SMILES string of the molecule is Cn1nccc1CN1C[C@@H](F)C[C@H]1CNCc1cnnn1C. The molecule has 1 fully saturated rings. The third-order valence-electron chi connectivity index (χ3n) is 4.26. The normalized spacial score (nSPS) is 22.5. The van der Waals surface area contributed by atoms with E-state index in [4.69, 9.17) is 0 Å². The Hall–Kier alpha value is -1.80. The molecule has 0 bridgehead atoms. The van der Waals surface area contributed by atoms with Crippen molar-refractivity contribution < 1.29 is 4.39 Å². The van der Waals surface area contributed by atoms with E-state index >= 15 is 0 Å². The number of aryl methyl sites for hydroxylation is 2. The highest BCUT2D eigenvalue weighted by Gasteiger charge is 2.32. The number of hydrogen-bond acceptors (Lipinski definition) is 5. The van der Waals surface area contributed by atoms with Crippen molar-refractivity contribution in [2.45, 2.75) is 31.7 Å². The van der Waals surface area contributed by atoms with Crippen LogP contribution in [-0.2, 0) is 27.2 Å². The van der Waals surface area contributed by atoms with Gasteiger partial charge in [0.25, 0.3) is 0 Å². The summed E-state index contributed by atoms with van der Waals surface area (Å²) in [5.74, 6) is 0. The second-order valence-electron chi connectivity index (χ2n) is 5.84. The topological polar surface area (TPSA) is 63.8 Å². The maximum Gasteiger partial charge on any atom is 0.114 e. The molecule has 8 heteroatoms. The van der Waals surface area contributed by atoms with Gasteiger partial charge in [0.2, 0.25) is 0 Å². The Bertz CT molecular complexity index is 608. The lowest BCUT2D eigenvalue weighted by Gasteiger charge is -2.24. The molecular weight excluding hydrogens is 285 g/mol. The van der Waals surface area contributed by atoms with Gasteiger partial charge in [-0.15, -0.1) is 5.10 Å². The monoisotopic (exact) mass is 307 g/mol. The van der Waals surface area contributed by atoms with E-state index < -0.39 is 6.17 Å². The van der Waals surface area contributed by atoms with Gasteiger partial charge in [0.15, 0.2) is 0 Å². The molecule has 1 aliphatic rings. The number of nitrogens with zero attached hydrogens (tertiary/aromatic N) is 6. The van der Waals surface area contributed by atoms with Crippen molar-refractivity contribution in [3.63, 3.8) is 0 Å². The summed E-state index contributed by atoms with van der Waals surface area (Å²) in [4.78, 5) is 2.19. The molecule has 1 N–H and O–H groups in total. The zero-order chi connectivity index (χ0) is 15.5. The van der Waals surface area contributed by atoms with Gasteiger partial charge in [-0.05, 0) is 12.5 Å². The molecule has 0 aromatic carbocycles. The molecule has 3 heterocycles. The van der Waals surface area contributed by atoms with E-state index in [1.807, 2.05) is 24.8 Å². The molecule has 0 radical (unpaired) electrons. The third-order valence-corrected chi connectivity index (χ3v) is 4.26. The van der Waals surface area contributed by atoms with Gasteiger partial charge in [-0.2, -0.15) is 5.10 Å². The van der Waals surface area contributed by atoms with E-state index in [1.54, 1.807) is 17.1 Å². The van der Waals surface area contributed by atoms with Crippen molar-refractivity contribution >= 4 is 0 Å². The van der Waals surface area contributed by atoms with Crippen LogP contribution in [0.25, 0.3) is 0 Å². The Balaban J connectivity index is 1.54. The minimum atomic E-state index is -0.751. The van der Waals surface area contributed by atoms with Crippen LogP contribution in [0.3, 0.4) is 0 Å². The van der Waals surface area contributed by atoms with Gasteiger partial charge in [-0.3, -0.25) is 14.3 Å². The van der Waals surface area contributed by atoms with Gasteiger partial charge in [-0.25, -0.2) is 4.39 Å². The number of aromatic nitrogens is 5. The fourth-order valence-corrected chi connectivity index (χ4v) is 2.93. The first-order valence-corrected chi connectivity index (χ1v) is 7.52. The average Bonchev–Trinajstić information content (AvgIpc) is 3.15. The Labute approximate surface area is 129 Å². The number of halogens is 1. The molecule has 0 amide bonds. The van der Waals surface area contributed by atoms with Crippen molar-refractivity contribution in [1.29, 1.82) is 0 Å². The predicted octanol–water partition coefficient (Wildman–Crippen LogP) is 0.251. The van der Waals surface area contributed by atoms with Crippen LogP contribution in [0.2, 0.25) is 0 Å². The first kappa shape index (κ1) is 15.1. The van der Waals surface area contributed by atoms with E-state index in [9.17, 15) is 4.39 Å². The summed E-state index contributed by atoms with van der Waals surface area (Å²) in [7, 11) is 3.78. The van der Waals surface area contributed by atoms with Crippen molar-refractivity contribution in [2.75, 3.05) is 13.1 Å². The van der Waals surface area contributed by atoms with Crippen LogP contribution in [0.4, 0.5) is 4.39 Å². The molecule has 3 rings (SSSR count). The summed E-state index contributed by atoms with van der Waals surface area (Å²) in [5.41, 5.74) is 2.13. The van der Waals surface area contributed by atoms with Crippen molar-refractivity contribution in [2.24, 2.45) is 14.1 Å². The van der Waals surface area contributed by atoms with Crippen LogP contribution in [0, 0.1) is 0 Å². The van der Waals surface area contributed by atoms with Crippen molar-refractivity contribution in [3.8, 4) is 0 Å². The molecule has 1 saturated heterocycles. The van der Waals surface area contributed by atoms with Crippen molar-refractivity contribution in [3.05, 3.63) is 29.8 Å². The number of rotatable bonds is 6. The molecule has 1 aliphatic heterocycles. The van der Waals surface area contributed by atoms with Crippen LogP contribution in [-0.4, -0.2) is 55.0 Å². The van der Waals surface area contributed by atoms with Gasteiger partial charge in [-0.1, -0.05) is 5.21 Å². The van der Waals surface area contributed by atoms with Crippen LogP contribution < -0.4 is 5.32 Å². The lowest BCUT2D eigenvalue weighted by atomic mass is 10.2. The maximum absolute atomic E-state index is 13.8. The molecule has 0 spiro atoms. The Morgan fingerprint density at radius 3 is 2.86 bits per heavy atom. The van der Waals surface area contributed by atoms with Gasteiger partial charge in [0.05, 0.1) is 17.6 Å². The van der Waals surface area contributed by atoms with Gasteiger partial charge in [0.1, 0.15) is 6.17 Å². The molecule has 0 aliphatic carbocycles. The van der Waals surface area contributed by atoms with E-state index in [0.717, 1.165) is 24.5 Å². The average molecular weight is 307 g/mol. The van der Waals surface area contributed by atoms with E-state index in [0.29, 0.717) is 19.5 Å². The fourth-order valence-electron chi connectivity index (χ4n) is 2.93. The lowest BCUT2D eigenvalue weighted by Crippen LogP contribution is -2.38. The molecule has 120 valence electrons. The molecule has 2 aromatic heterocycles. The second-order valence-corrected chi connectivity index (χ2v) is 5.84. The fraction of sp³-hybridized carbons (Fsp3) is 0.643. The third kappa shape index (κ3) is 3.33. The second kappa shape index (κ2) is 6.53. The molecule has 2 aromatic rings. The van der Waals surface area contributed by atoms with Crippen LogP contribution in [0.5, 0.6) is 0 Å². The Kier molecular flexibility index (Phi) is 4.49. The van der Waals surface area contributed by atoms with Gasteiger partial charge < -0.3 is 5.32 Å². The van der Waals surface area contributed by atoms with E-state index in [2.05, 4.69) is 25.6 Å². The summed E-state index contributed by atoms with van der Waals surface area (Å²) in [5, 5.41) is 15.3. The minimum absolute atomic E-state index is 0.200. The van der Waals surface area contributed by atoms with Gasteiger partial charge in [0, 0.05) is 52.5 Å². The Morgan fingerprint density at radius 1 is 1.32 bits per heavy atom. The maximum atomic E-state index is 13.8. The van der Waals surface area contributed by atoms with Crippen LogP contribution in [0.15, 0.2) is 18.5 Å². The molecular formula is C14H22FN7. The molecule has 22 heavy (non-hydrogen) atoms.